The lowest BCUT2D eigenvalue weighted by Gasteiger charge is -2.34. The van der Waals surface area contributed by atoms with Gasteiger partial charge >= 0.3 is 0 Å². The van der Waals surface area contributed by atoms with Crippen molar-refractivity contribution in [3.05, 3.63) is 70.2 Å². The van der Waals surface area contributed by atoms with Crippen LogP contribution in [0, 0.1) is 0 Å². The molecule has 0 saturated carbocycles. The molecule has 1 aliphatic rings. The summed E-state index contributed by atoms with van der Waals surface area (Å²) in [5, 5.41) is 0. The molecule has 4 nitrogen and oxygen atoms in total. The first-order valence-corrected chi connectivity index (χ1v) is 10.1. The fraction of sp³-hybridized carbons (Fsp3) is 0.318. The van der Waals surface area contributed by atoms with Crippen LogP contribution in [-0.4, -0.2) is 48.5 Å². The largest absolute Gasteiger partial charge is 0.494 e. The first kappa shape index (κ1) is 19.6. The van der Waals surface area contributed by atoms with Gasteiger partial charge in [0.2, 0.25) is 5.91 Å². The quantitative estimate of drug-likeness (QED) is 0.646. The van der Waals surface area contributed by atoms with Gasteiger partial charge < -0.3 is 9.64 Å². The Kier molecular flexibility index (Phi) is 7.07. The van der Waals surface area contributed by atoms with E-state index in [0.29, 0.717) is 6.61 Å². The molecule has 1 heterocycles. The third kappa shape index (κ3) is 5.68. The van der Waals surface area contributed by atoms with Crippen molar-refractivity contribution >= 4 is 27.9 Å². The number of ether oxygens (including phenoxy) is 1. The molecule has 5 heteroatoms. The minimum absolute atomic E-state index is 0.0762. The molecule has 0 aliphatic carbocycles. The molecule has 1 amide bonds. The molecule has 1 aliphatic heterocycles. The van der Waals surface area contributed by atoms with Gasteiger partial charge in [0.15, 0.2) is 0 Å². The Hall–Kier alpha value is -2.11. The van der Waals surface area contributed by atoms with Crippen molar-refractivity contribution in [3.63, 3.8) is 0 Å². The number of carbonyl (C=O) groups excluding carboxylic acids is 1. The molecule has 0 bridgehead atoms. The number of para-hydroxylation sites is 1. The Morgan fingerprint density at radius 2 is 1.78 bits per heavy atom. The highest BCUT2D eigenvalue weighted by Crippen LogP contribution is 2.20. The zero-order valence-electron chi connectivity index (χ0n) is 15.6. The average Bonchev–Trinajstić information content (AvgIpc) is 2.69. The van der Waals surface area contributed by atoms with Crippen LogP contribution in [0.2, 0.25) is 0 Å². The molecule has 0 aromatic heterocycles. The minimum Gasteiger partial charge on any atom is -0.494 e. The smallest absolute Gasteiger partial charge is 0.246 e. The molecule has 0 N–H and O–H groups in total. The van der Waals surface area contributed by atoms with E-state index in [1.54, 1.807) is 6.08 Å². The minimum atomic E-state index is 0.0762. The zero-order chi connectivity index (χ0) is 19.1. The summed E-state index contributed by atoms with van der Waals surface area (Å²) in [6, 6.07) is 16.1. The van der Waals surface area contributed by atoms with E-state index in [9.17, 15) is 4.79 Å². The molecule has 3 rings (SSSR count). The summed E-state index contributed by atoms with van der Waals surface area (Å²) in [6.07, 6.45) is 3.54. The molecule has 0 spiro atoms. The van der Waals surface area contributed by atoms with E-state index >= 15 is 0 Å². The molecule has 1 saturated heterocycles. The van der Waals surface area contributed by atoms with Crippen LogP contribution in [0.4, 0.5) is 0 Å². The highest BCUT2D eigenvalue weighted by Gasteiger charge is 2.20. The first-order chi connectivity index (χ1) is 13.2. The highest BCUT2D eigenvalue weighted by atomic mass is 79.9. The number of nitrogens with zero attached hydrogens (tertiary/aromatic N) is 2. The molecule has 2 aromatic rings. The lowest BCUT2D eigenvalue weighted by Crippen LogP contribution is -2.47. The van der Waals surface area contributed by atoms with Crippen molar-refractivity contribution in [2.75, 3.05) is 32.8 Å². The van der Waals surface area contributed by atoms with E-state index in [1.165, 1.54) is 5.56 Å². The maximum Gasteiger partial charge on any atom is 0.246 e. The molecular weight excluding hydrogens is 404 g/mol. The van der Waals surface area contributed by atoms with Crippen LogP contribution >= 0.6 is 15.9 Å². The molecule has 142 valence electrons. The van der Waals surface area contributed by atoms with Crippen LogP contribution in [0.15, 0.2) is 59.1 Å². The van der Waals surface area contributed by atoms with Gasteiger partial charge in [0.25, 0.3) is 0 Å². The highest BCUT2D eigenvalue weighted by molar-refractivity contribution is 9.10. The molecule has 27 heavy (non-hydrogen) atoms. The van der Waals surface area contributed by atoms with Crippen molar-refractivity contribution in [2.24, 2.45) is 0 Å². The van der Waals surface area contributed by atoms with Crippen LogP contribution in [0.1, 0.15) is 18.1 Å². The summed E-state index contributed by atoms with van der Waals surface area (Å²) >= 11 is 3.42. The van der Waals surface area contributed by atoms with Crippen LogP contribution in [0.25, 0.3) is 6.08 Å². The average molecular weight is 429 g/mol. The van der Waals surface area contributed by atoms with Crippen molar-refractivity contribution in [3.8, 4) is 5.75 Å². The van der Waals surface area contributed by atoms with Crippen LogP contribution < -0.4 is 4.74 Å². The third-order valence-electron chi connectivity index (χ3n) is 4.64. The summed E-state index contributed by atoms with van der Waals surface area (Å²) in [5.41, 5.74) is 2.23. The lowest BCUT2D eigenvalue weighted by atomic mass is 10.1. The second-order valence-electron chi connectivity index (χ2n) is 6.53. The molecule has 0 radical (unpaired) electrons. The summed E-state index contributed by atoms with van der Waals surface area (Å²) in [6.45, 7) is 6.77. The number of benzene rings is 2. The van der Waals surface area contributed by atoms with Crippen molar-refractivity contribution < 1.29 is 9.53 Å². The monoisotopic (exact) mass is 428 g/mol. The van der Waals surface area contributed by atoms with E-state index in [1.807, 2.05) is 60.4 Å². The topological polar surface area (TPSA) is 32.8 Å². The van der Waals surface area contributed by atoms with Gasteiger partial charge in [-0.2, -0.15) is 0 Å². The number of rotatable bonds is 6. The normalized spacial score (nSPS) is 15.3. The summed E-state index contributed by atoms with van der Waals surface area (Å²) in [7, 11) is 0. The Balaban J connectivity index is 1.51. The van der Waals surface area contributed by atoms with E-state index in [0.717, 1.165) is 48.5 Å². The Morgan fingerprint density at radius 1 is 1.07 bits per heavy atom. The predicted octanol–water partition coefficient (Wildman–Crippen LogP) is 4.21. The predicted molar refractivity (Wildman–Crippen MR) is 113 cm³/mol. The van der Waals surface area contributed by atoms with Gasteiger partial charge in [-0.05, 0) is 36.8 Å². The van der Waals surface area contributed by atoms with Crippen LogP contribution in [0.3, 0.4) is 0 Å². The van der Waals surface area contributed by atoms with Gasteiger partial charge in [0, 0.05) is 48.8 Å². The molecule has 1 fully saturated rings. The maximum absolute atomic E-state index is 12.4. The fourth-order valence-corrected chi connectivity index (χ4v) is 3.41. The zero-order valence-corrected chi connectivity index (χ0v) is 17.2. The number of hydrogen-bond donors (Lipinski definition) is 0. The van der Waals surface area contributed by atoms with Gasteiger partial charge in [-0.3, -0.25) is 9.69 Å². The number of carbonyl (C=O) groups is 1. The van der Waals surface area contributed by atoms with E-state index < -0.39 is 0 Å². The van der Waals surface area contributed by atoms with Gasteiger partial charge in [-0.1, -0.05) is 46.3 Å². The van der Waals surface area contributed by atoms with Crippen molar-refractivity contribution in [2.45, 2.75) is 13.5 Å². The molecular formula is C22H25BrN2O2. The number of amides is 1. The molecule has 0 atom stereocenters. The van der Waals surface area contributed by atoms with Crippen LogP contribution in [-0.2, 0) is 11.3 Å². The van der Waals surface area contributed by atoms with Gasteiger partial charge in [-0.15, -0.1) is 0 Å². The third-order valence-corrected chi connectivity index (χ3v) is 5.17. The molecule has 2 aromatic carbocycles. The maximum atomic E-state index is 12.4. The Morgan fingerprint density at radius 3 is 2.48 bits per heavy atom. The van der Waals surface area contributed by atoms with E-state index in [-0.39, 0.29) is 5.91 Å². The Labute approximate surface area is 169 Å². The number of halogens is 1. The van der Waals surface area contributed by atoms with Gasteiger partial charge in [0.05, 0.1) is 6.61 Å². The van der Waals surface area contributed by atoms with Crippen LogP contribution in [0.5, 0.6) is 5.75 Å². The van der Waals surface area contributed by atoms with Gasteiger partial charge in [-0.25, -0.2) is 0 Å². The van der Waals surface area contributed by atoms with Crippen molar-refractivity contribution in [1.82, 2.24) is 9.80 Å². The molecule has 0 unspecified atom stereocenters. The van der Waals surface area contributed by atoms with Crippen molar-refractivity contribution in [1.29, 1.82) is 0 Å². The number of hydrogen-bond acceptors (Lipinski definition) is 3. The van der Waals surface area contributed by atoms with E-state index in [2.05, 4.69) is 26.9 Å². The summed E-state index contributed by atoms with van der Waals surface area (Å²) in [4.78, 5) is 16.7. The summed E-state index contributed by atoms with van der Waals surface area (Å²) in [5.74, 6) is 1.03. The van der Waals surface area contributed by atoms with Gasteiger partial charge in [0.1, 0.15) is 5.75 Å². The fourth-order valence-electron chi connectivity index (χ4n) is 3.14. The SMILES string of the molecule is CCOc1ccccc1CN1CCN(C(=O)/C=C/c2ccc(Br)cc2)CC1. The summed E-state index contributed by atoms with van der Waals surface area (Å²) < 4.78 is 6.75. The second-order valence-corrected chi connectivity index (χ2v) is 7.44. The van der Waals surface area contributed by atoms with E-state index in [4.69, 9.17) is 4.74 Å². The lowest BCUT2D eigenvalue weighted by molar-refractivity contribution is -0.127. The number of piperazine rings is 1. The second kappa shape index (κ2) is 9.72. The Bertz CT molecular complexity index is 781. The standard InChI is InChI=1S/C22H25BrN2O2/c1-2-27-21-6-4-3-5-19(21)17-24-13-15-25(16-14-24)22(26)12-9-18-7-10-20(23)11-8-18/h3-12H,2,13-17H2,1H3/b12-9+. The first-order valence-electron chi connectivity index (χ1n) is 9.31.